The van der Waals surface area contributed by atoms with E-state index in [4.69, 9.17) is 10.8 Å². The molecule has 0 aromatic carbocycles. The Morgan fingerprint density at radius 1 is 1.43 bits per heavy atom. The normalized spacial score (nSPS) is 14.5. The molecule has 82 valence electrons. The predicted molar refractivity (Wildman–Crippen MR) is 49.5 cm³/mol. The van der Waals surface area contributed by atoms with Gasteiger partial charge in [-0.15, -0.1) is 0 Å². The molecule has 6 nitrogen and oxygen atoms in total. The summed E-state index contributed by atoms with van der Waals surface area (Å²) in [5.74, 6) is -1.32. The Morgan fingerprint density at radius 2 is 2.00 bits per heavy atom. The Labute approximate surface area is 82.1 Å². The number of carboxylic acid groups (broad SMARTS) is 1. The van der Waals surface area contributed by atoms with E-state index in [0.717, 1.165) is 0 Å². The molecule has 1 amide bonds. The molecule has 14 heavy (non-hydrogen) atoms. The monoisotopic (exact) mass is 204 g/mol. The van der Waals surface area contributed by atoms with Crippen molar-refractivity contribution < 1.29 is 19.8 Å². The largest absolute Gasteiger partial charge is 0.480 e. The lowest BCUT2D eigenvalue weighted by molar-refractivity contribution is -0.138. The van der Waals surface area contributed by atoms with E-state index in [1.807, 2.05) is 0 Å². The van der Waals surface area contributed by atoms with E-state index in [1.165, 1.54) is 6.92 Å². The number of aliphatic carboxylic acids is 1. The van der Waals surface area contributed by atoms with E-state index in [2.05, 4.69) is 5.32 Å². The van der Waals surface area contributed by atoms with E-state index in [1.54, 1.807) is 0 Å². The second kappa shape index (κ2) is 6.33. The maximum absolute atomic E-state index is 10.5. The van der Waals surface area contributed by atoms with E-state index in [-0.39, 0.29) is 25.3 Å². The number of amides is 1. The van der Waals surface area contributed by atoms with Gasteiger partial charge in [-0.2, -0.15) is 0 Å². The number of aliphatic hydroxyl groups is 1. The van der Waals surface area contributed by atoms with Gasteiger partial charge in [0.05, 0.1) is 6.10 Å². The molecule has 6 heteroatoms. The third-order valence-electron chi connectivity index (χ3n) is 1.71. The molecule has 2 unspecified atom stereocenters. The van der Waals surface area contributed by atoms with Crippen molar-refractivity contribution in [1.82, 2.24) is 5.32 Å². The van der Waals surface area contributed by atoms with Crippen LogP contribution in [0.15, 0.2) is 0 Å². The molecule has 0 aromatic rings. The van der Waals surface area contributed by atoms with Crippen LogP contribution < -0.4 is 11.1 Å². The molecule has 0 rings (SSSR count). The summed E-state index contributed by atoms with van der Waals surface area (Å²) < 4.78 is 0. The van der Waals surface area contributed by atoms with E-state index in [0.29, 0.717) is 0 Å². The summed E-state index contributed by atoms with van der Waals surface area (Å²) in [6, 6.07) is -0.957. The molecule has 0 radical (unpaired) electrons. The fourth-order valence-corrected chi connectivity index (χ4v) is 0.859. The van der Waals surface area contributed by atoms with Gasteiger partial charge in [-0.05, 0) is 12.8 Å². The Bertz CT molecular complexity index is 208. The lowest BCUT2D eigenvalue weighted by Crippen LogP contribution is -2.34. The SMILES string of the molecule is CC(=O)NCC(O)CCC(N)C(=O)O. The standard InChI is InChI=1S/C8H16N2O4/c1-5(11)10-4-6(12)2-3-7(9)8(13)14/h6-7,12H,2-4,9H2,1H3,(H,10,11)(H,13,14). The molecule has 2 atom stereocenters. The van der Waals surface area contributed by atoms with Crippen LogP contribution in [0.5, 0.6) is 0 Å². The maximum atomic E-state index is 10.5. The smallest absolute Gasteiger partial charge is 0.320 e. The average molecular weight is 204 g/mol. The number of hydrogen-bond donors (Lipinski definition) is 4. The second-order valence-corrected chi connectivity index (χ2v) is 3.11. The molecule has 0 bridgehead atoms. The van der Waals surface area contributed by atoms with Crippen LogP contribution in [0, 0.1) is 0 Å². The lowest BCUT2D eigenvalue weighted by Gasteiger charge is -2.12. The highest BCUT2D eigenvalue weighted by Crippen LogP contribution is 1.99. The fourth-order valence-electron chi connectivity index (χ4n) is 0.859. The highest BCUT2D eigenvalue weighted by molar-refractivity contribution is 5.73. The topological polar surface area (TPSA) is 113 Å². The summed E-state index contributed by atoms with van der Waals surface area (Å²) in [7, 11) is 0. The van der Waals surface area contributed by atoms with Crippen LogP contribution in [0.25, 0.3) is 0 Å². The zero-order valence-electron chi connectivity index (χ0n) is 8.06. The van der Waals surface area contributed by atoms with Crippen LogP contribution in [-0.4, -0.2) is 40.8 Å². The van der Waals surface area contributed by atoms with Gasteiger partial charge in [0.2, 0.25) is 5.91 Å². The first-order valence-corrected chi connectivity index (χ1v) is 4.34. The van der Waals surface area contributed by atoms with Crippen molar-refractivity contribution >= 4 is 11.9 Å². The van der Waals surface area contributed by atoms with Gasteiger partial charge in [0.15, 0.2) is 0 Å². The molecule has 0 spiro atoms. The van der Waals surface area contributed by atoms with Gasteiger partial charge in [-0.3, -0.25) is 9.59 Å². The van der Waals surface area contributed by atoms with Gasteiger partial charge < -0.3 is 21.3 Å². The highest BCUT2D eigenvalue weighted by Gasteiger charge is 2.13. The highest BCUT2D eigenvalue weighted by atomic mass is 16.4. The van der Waals surface area contributed by atoms with Gasteiger partial charge >= 0.3 is 5.97 Å². The number of hydrogen-bond acceptors (Lipinski definition) is 4. The van der Waals surface area contributed by atoms with Crippen LogP contribution >= 0.6 is 0 Å². The Hall–Kier alpha value is -1.14. The van der Waals surface area contributed by atoms with Crippen LogP contribution in [-0.2, 0) is 9.59 Å². The molecule has 5 N–H and O–H groups in total. The number of nitrogens with one attached hydrogen (secondary N) is 1. The Morgan fingerprint density at radius 3 is 2.43 bits per heavy atom. The molecular formula is C8H16N2O4. The van der Waals surface area contributed by atoms with Crippen molar-refractivity contribution in [3.05, 3.63) is 0 Å². The number of carbonyl (C=O) groups is 2. The number of carbonyl (C=O) groups excluding carboxylic acids is 1. The zero-order valence-corrected chi connectivity index (χ0v) is 8.06. The first-order chi connectivity index (χ1) is 6.43. The summed E-state index contributed by atoms with van der Waals surface area (Å²) in [5, 5.41) is 20.1. The van der Waals surface area contributed by atoms with Gasteiger partial charge in [0, 0.05) is 13.5 Å². The van der Waals surface area contributed by atoms with Crippen molar-refractivity contribution in [2.75, 3.05) is 6.54 Å². The summed E-state index contributed by atoms with van der Waals surface area (Å²) in [6.45, 7) is 1.47. The fraction of sp³-hybridized carbons (Fsp3) is 0.750. The third kappa shape index (κ3) is 6.38. The number of rotatable bonds is 6. The third-order valence-corrected chi connectivity index (χ3v) is 1.71. The van der Waals surface area contributed by atoms with Gasteiger partial charge in [-0.25, -0.2) is 0 Å². The minimum Gasteiger partial charge on any atom is -0.480 e. The van der Waals surface area contributed by atoms with Crippen molar-refractivity contribution in [2.24, 2.45) is 5.73 Å². The van der Waals surface area contributed by atoms with Crippen LogP contribution in [0.4, 0.5) is 0 Å². The molecule has 0 fully saturated rings. The van der Waals surface area contributed by atoms with E-state index < -0.39 is 18.1 Å². The average Bonchev–Trinajstić information content (AvgIpc) is 2.10. The Balaban J connectivity index is 3.58. The molecule has 0 aliphatic rings. The minimum atomic E-state index is -1.09. The number of nitrogens with two attached hydrogens (primary N) is 1. The number of carboxylic acids is 1. The summed E-state index contributed by atoms with van der Waals surface area (Å²) >= 11 is 0. The summed E-state index contributed by atoms with van der Waals surface area (Å²) in [5.41, 5.74) is 5.22. The van der Waals surface area contributed by atoms with Crippen LogP contribution in [0.2, 0.25) is 0 Å². The first kappa shape index (κ1) is 12.9. The molecule has 0 saturated heterocycles. The van der Waals surface area contributed by atoms with Gasteiger partial charge in [-0.1, -0.05) is 0 Å². The van der Waals surface area contributed by atoms with Gasteiger partial charge in [0.1, 0.15) is 6.04 Å². The molecule has 0 aliphatic heterocycles. The lowest BCUT2D eigenvalue weighted by atomic mass is 10.1. The molecule has 0 saturated carbocycles. The van der Waals surface area contributed by atoms with Crippen molar-refractivity contribution in [2.45, 2.75) is 31.9 Å². The van der Waals surface area contributed by atoms with Crippen molar-refractivity contribution in [1.29, 1.82) is 0 Å². The molecule has 0 heterocycles. The maximum Gasteiger partial charge on any atom is 0.320 e. The minimum absolute atomic E-state index is 0.127. The summed E-state index contributed by atoms with van der Waals surface area (Å²) in [4.78, 5) is 20.8. The summed E-state index contributed by atoms with van der Waals surface area (Å²) in [6.07, 6.45) is -0.298. The van der Waals surface area contributed by atoms with Crippen molar-refractivity contribution in [3.63, 3.8) is 0 Å². The predicted octanol–water partition coefficient (Wildman–Crippen LogP) is -1.32. The quantitative estimate of drug-likeness (QED) is 0.428. The van der Waals surface area contributed by atoms with Crippen LogP contribution in [0.3, 0.4) is 0 Å². The van der Waals surface area contributed by atoms with Crippen molar-refractivity contribution in [3.8, 4) is 0 Å². The Kier molecular flexibility index (Phi) is 5.82. The van der Waals surface area contributed by atoms with Gasteiger partial charge in [0.25, 0.3) is 0 Å². The molecule has 0 aromatic heterocycles. The molecule has 0 aliphatic carbocycles. The first-order valence-electron chi connectivity index (χ1n) is 4.34. The van der Waals surface area contributed by atoms with Crippen LogP contribution in [0.1, 0.15) is 19.8 Å². The number of aliphatic hydroxyl groups excluding tert-OH is 1. The molecular weight excluding hydrogens is 188 g/mol. The second-order valence-electron chi connectivity index (χ2n) is 3.11. The zero-order chi connectivity index (χ0) is 11.1. The van der Waals surface area contributed by atoms with E-state index >= 15 is 0 Å². The van der Waals surface area contributed by atoms with E-state index in [9.17, 15) is 14.7 Å².